The van der Waals surface area contributed by atoms with Crippen molar-refractivity contribution in [2.75, 3.05) is 7.11 Å². The highest BCUT2D eigenvalue weighted by Crippen LogP contribution is 2.25. The highest BCUT2D eigenvalue weighted by atomic mass is 16.6. The zero-order chi connectivity index (χ0) is 14.8. The third-order valence-corrected chi connectivity index (χ3v) is 3.52. The number of nitro groups is 1. The number of fused-ring (bicyclic) bond motifs is 1. The number of rotatable bonds is 4. The minimum Gasteiger partial charge on any atom is -0.497 e. The average molecular weight is 282 g/mol. The molecule has 0 amide bonds. The second-order valence-electron chi connectivity index (χ2n) is 4.83. The first kappa shape index (κ1) is 13.2. The predicted octanol–water partition coefficient (Wildman–Crippen LogP) is 3.68. The van der Waals surface area contributed by atoms with E-state index >= 15 is 0 Å². The Morgan fingerprint density at radius 2 is 1.95 bits per heavy atom. The van der Waals surface area contributed by atoms with E-state index in [1.165, 1.54) is 6.07 Å². The van der Waals surface area contributed by atoms with Gasteiger partial charge < -0.3 is 9.72 Å². The van der Waals surface area contributed by atoms with E-state index in [4.69, 9.17) is 4.74 Å². The number of nitro benzene ring substituents is 1. The van der Waals surface area contributed by atoms with Crippen molar-refractivity contribution < 1.29 is 9.66 Å². The van der Waals surface area contributed by atoms with Crippen LogP contribution < -0.4 is 4.74 Å². The Bertz CT molecular complexity index is 791. The number of hydrogen-bond donors (Lipinski definition) is 1. The minimum absolute atomic E-state index is 0.0975. The van der Waals surface area contributed by atoms with E-state index in [9.17, 15) is 10.1 Å². The van der Waals surface area contributed by atoms with Crippen LogP contribution in [-0.4, -0.2) is 17.0 Å². The summed E-state index contributed by atoms with van der Waals surface area (Å²) in [5.41, 5.74) is 3.16. The van der Waals surface area contributed by atoms with Crippen molar-refractivity contribution in [3.8, 4) is 5.75 Å². The van der Waals surface area contributed by atoms with Crippen LogP contribution in [0.2, 0.25) is 0 Å². The first-order valence-electron chi connectivity index (χ1n) is 6.54. The second kappa shape index (κ2) is 5.28. The fraction of sp³-hybridized carbons (Fsp3) is 0.125. The molecule has 0 saturated carbocycles. The second-order valence-corrected chi connectivity index (χ2v) is 4.83. The third-order valence-electron chi connectivity index (χ3n) is 3.52. The molecule has 1 heterocycles. The van der Waals surface area contributed by atoms with Gasteiger partial charge in [-0.2, -0.15) is 0 Å². The van der Waals surface area contributed by atoms with Crippen molar-refractivity contribution in [2.24, 2.45) is 0 Å². The molecule has 0 saturated heterocycles. The minimum atomic E-state index is -0.385. The van der Waals surface area contributed by atoms with Gasteiger partial charge in [-0.1, -0.05) is 12.1 Å². The van der Waals surface area contributed by atoms with E-state index in [0.29, 0.717) is 0 Å². The molecule has 0 aliphatic carbocycles. The number of methoxy groups -OCH3 is 1. The average Bonchev–Trinajstić information content (AvgIpc) is 2.90. The number of benzene rings is 2. The number of aromatic amines is 1. The maximum absolute atomic E-state index is 10.8. The van der Waals surface area contributed by atoms with Crippen LogP contribution in [0.1, 0.15) is 11.1 Å². The van der Waals surface area contributed by atoms with E-state index in [1.54, 1.807) is 19.2 Å². The summed E-state index contributed by atoms with van der Waals surface area (Å²) in [4.78, 5) is 13.5. The lowest BCUT2D eigenvalue weighted by molar-refractivity contribution is -0.384. The molecule has 5 heteroatoms. The molecule has 0 spiro atoms. The number of hydrogen-bond acceptors (Lipinski definition) is 3. The molecule has 21 heavy (non-hydrogen) atoms. The number of nitrogens with one attached hydrogen (secondary N) is 1. The summed E-state index contributed by atoms with van der Waals surface area (Å²) in [5, 5.41) is 11.8. The van der Waals surface area contributed by atoms with Crippen molar-refractivity contribution in [3.63, 3.8) is 0 Å². The van der Waals surface area contributed by atoms with Crippen molar-refractivity contribution in [3.05, 3.63) is 69.9 Å². The maximum Gasteiger partial charge on any atom is 0.271 e. The summed E-state index contributed by atoms with van der Waals surface area (Å²) in [6.07, 6.45) is 2.67. The molecule has 0 aliphatic heterocycles. The Morgan fingerprint density at radius 1 is 1.19 bits per heavy atom. The molecule has 0 radical (unpaired) electrons. The summed E-state index contributed by atoms with van der Waals surface area (Å²) < 4.78 is 5.14. The molecule has 106 valence electrons. The van der Waals surface area contributed by atoms with E-state index in [1.807, 2.05) is 30.5 Å². The van der Waals surface area contributed by atoms with Gasteiger partial charge in [0, 0.05) is 23.7 Å². The Morgan fingerprint density at radius 3 is 2.62 bits per heavy atom. The van der Waals surface area contributed by atoms with Crippen molar-refractivity contribution >= 4 is 16.6 Å². The van der Waals surface area contributed by atoms with Gasteiger partial charge in [-0.05, 0) is 35.7 Å². The summed E-state index contributed by atoms with van der Waals surface area (Å²) >= 11 is 0. The first-order valence-corrected chi connectivity index (χ1v) is 6.54. The van der Waals surface area contributed by atoms with E-state index in [2.05, 4.69) is 4.98 Å². The zero-order valence-corrected chi connectivity index (χ0v) is 11.5. The standard InChI is InChI=1S/C16H14N2O3/c1-21-14-5-2-11(3-6-14)8-12-10-17-16-9-13(18(19)20)4-7-15(12)16/h2-7,9-10,17H,8H2,1H3. The number of nitrogens with zero attached hydrogens (tertiary/aromatic N) is 1. The molecule has 3 rings (SSSR count). The van der Waals surface area contributed by atoms with Crippen LogP contribution in [0.15, 0.2) is 48.7 Å². The van der Waals surface area contributed by atoms with Crippen LogP contribution in [0.25, 0.3) is 10.9 Å². The number of non-ortho nitro benzene ring substituents is 1. The molecule has 3 aromatic rings. The third kappa shape index (κ3) is 2.58. The lowest BCUT2D eigenvalue weighted by Gasteiger charge is -2.03. The van der Waals surface area contributed by atoms with Gasteiger partial charge in [0.15, 0.2) is 0 Å². The molecule has 0 aliphatic rings. The first-order chi connectivity index (χ1) is 10.2. The fourth-order valence-electron chi connectivity index (χ4n) is 2.40. The smallest absolute Gasteiger partial charge is 0.271 e. The molecule has 0 fully saturated rings. The summed E-state index contributed by atoms with van der Waals surface area (Å²) in [6, 6.07) is 12.8. The van der Waals surface area contributed by atoms with Crippen LogP contribution >= 0.6 is 0 Å². The monoisotopic (exact) mass is 282 g/mol. The van der Waals surface area contributed by atoms with Crippen LogP contribution in [0.5, 0.6) is 5.75 Å². The molecule has 0 unspecified atom stereocenters. The zero-order valence-electron chi connectivity index (χ0n) is 11.5. The normalized spacial score (nSPS) is 10.7. The number of ether oxygens (including phenoxy) is 1. The van der Waals surface area contributed by atoms with E-state index < -0.39 is 0 Å². The Balaban J connectivity index is 1.91. The Kier molecular flexibility index (Phi) is 3.31. The van der Waals surface area contributed by atoms with Gasteiger partial charge >= 0.3 is 0 Å². The van der Waals surface area contributed by atoms with Gasteiger partial charge in [0.25, 0.3) is 5.69 Å². The highest BCUT2D eigenvalue weighted by molar-refractivity contribution is 5.85. The molecule has 5 nitrogen and oxygen atoms in total. The Hall–Kier alpha value is -2.82. The molecule has 1 N–H and O–H groups in total. The highest BCUT2D eigenvalue weighted by Gasteiger charge is 2.10. The van der Waals surface area contributed by atoms with Crippen LogP contribution in [0.3, 0.4) is 0 Å². The number of H-pyrrole nitrogens is 1. The summed E-state index contributed by atoms with van der Waals surface area (Å²) in [7, 11) is 1.64. The van der Waals surface area contributed by atoms with E-state index in [0.717, 1.165) is 34.2 Å². The van der Waals surface area contributed by atoms with Gasteiger partial charge in [-0.3, -0.25) is 10.1 Å². The SMILES string of the molecule is COc1ccc(Cc2c[nH]c3cc([N+](=O)[O-])ccc23)cc1. The van der Waals surface area contributed by atoms with E-state index in [-0.39, 0.29) is 10.6 Å². The summed E-state index contributed by atoms with van der Waals surface area (Å²) in [6.45, 7) is 0. The quantitative estimate of drug-likeness (QED) is 0.586. The molecule has 2 aromatic carbocycles. The number of aromatic nitrogens is 1. The lowest BCUT2D eigenvalue weighted by atomic mass is 10.0. The van der Waals surface area contributed by atoms with Crippen molar-refractivity contribution in [2.45, 2.75) is 6.42 Å². The maximum atomic E-state index is 10.8. The fourth-order valence-corrected chi connectivity index (χ4v) is 2.40. The predicted molar refractivity (Wildman–Crippen MR) is 80.8 cm³/mol. The largest absolute Gasteiger partial charge is 0.497 e. The van der Waals surface area contributed by atoms with Gasteiger partial charge in [-0.25, -0.2) is 0 Å². The van der Waals surface area contributed by atoms with Gasteiger partial charge in [0.05, 0.1) is 17.5 Å². The molecular formula is C16H14N2O3. The van der Waals surface area contributed by atoms with Crippen LogP contribution in [-0.2, 0) is 6.42 Å². The molecule has 0 bridgehead atoms. The molecule has 1 aromatic heterocycles. The lowest BCUT2D eigenvalue weighted by Crippen LogP contribution is -1.89. The van der Waals surface area contributed by atoms with Crippen LogP contribution in [0.4, 0.5) is 5.69 Å². The van der Waals surface area contributed by atoms with Gasteiger partial charge in [-0.15, -0.1) is 0 Å². The van der Waals surface area contributed by atoms with Gasteiger partial charge in [0.2, 0.25) is 0 Å². The summed E-state index contributed by atoms with van der Waals surface area (Å²) in [5.74, 6) is 0.827. The van der Waals surface area contributed by atoms with Crippen LogP contribution in [0, 0.1) is 10.1 Å². The molecule has 0 atom stereocenters. The van der Waals surface area contributed by atoms with Crippen molar-refractivity contribution in [1.29, 1.82) is 0 Å². The van der Waals surface area contributed by atoms with Gasteiger partial charge in [0.1, 0.15) is 5.75 Å². The van der Waals surface area contributed by atoms with Crippen molar-refractivity contribution in [1.82, 2.24) is 4.98 Å². The molecular weight excluding hydrogens is 268 g/mol. The Labute approximate surface area is 121 Å². The topological polar surface area (TPSA) is 68.2 Å².